The van der Waals surface area contributed by atoms with Crippen molar-refractivity contribution in [2.45, 2.75) is 39.7 Å². The van der Waals surface area contributed by atoms with E-state index in [1.165, 1.54) is 0 Å². The first kappa shape index (κ1) is 17.4. The van der Waals surface area contributed by atoms with E-state index in [9.17, 15) is 4.79 Å². The summed E-state index contributed by atoms with van der Waals surface area (Å²) >= 11 is 0. The van der Waals surface area contributed by atoms with Crippen molar-refractivity contribution in [1.29, 1.82) is 0 Å². The molecular formula is C13H26O5. The first-order valence-corrected chi connectivity index (χ1v) is 6.41. The Labute approximate surface area is 110 Å². The molecule has 0 saturated carbocycles. The molecule has 0 N–H and O–H groups in total. The largest absolute Gasteiger partial charge is 0.460 e. The molecule has 0 rings (SSSR count). The van der Waals surface area contributed by atoms with E-state index in [0.717, 1.165) is 0 Å². The smallest absolute Gasteiger partial charge is 0.308 e. The van der Waals surface area contributed by atoms with E-state index in [0.29, 0.717) is 39.6 Å². The van der Waals surface area contributed by atoms with Gasteiger partial charge in [0.25, 0.3) is 0 Å². The van der Waals surface area contributed by atoms with Crippen molar-refractivity contribution in [3.05, 3.63) is 0 Å². The highest BCUT2D eigenvalue weighted by molar-refractivity contribution is 5.69. The van der Waals surface area contributed by atoms with Gasteiger partial charge in [-0.15, -0.1) is 0 Å². The molecular weight excluding hydrogens is 236 g/mol. The Morgan fingerprint density at radius 3 is 1.89 bits per heavy atom. The number of hydrogen-bond acceptors (Lipinski definition) is 5. The Kier molecular flexibility index (Phi) is 9.92. The van der Waals surface area contributed by atoms with Crippen LogP contribution in [0.25, 0.3) is 0 Å². The third-order valence-corrected chi connectivity index (χ3v) is 1.82. The number of carbonyl (C=O) groups is 1. The molecule has 0 aliphatic rings. The second-order valence-corrected chi connectivity index (χ2v) is 4.76. The average molecular weight is 262 g/mol. The minimum atomic E-state index is -0.431. The summed E-state index contributed by atoms with van der Waals surface area (Å²) in [6.45, 7) is 10.7. The molecule has 0 saturated heterocycles. The van der Waals surface area contributed by atoms with Gasteiger partial charge in [0.05, 0.1) is 39.5 Å². The van der Waals surface area contributed by atoms with Crippen LogP contribution in [-0.4, -0.2) is 51.2 Å². The van der Waals surface area contributed by atoms with Gasteiger partial charge in [-0.1, -0.05) is 0 Å². The Hall–Kier alpha value is -0.650. The topological polar surface area (TPSA) is 54.0 Å². The van der Waals surface area contributed by atoms with Gasteiger partial charge in [-0.3, -0.25) is 4.79 Å². The lowest BCUT2D eigenvalue weighted by Crippen LogP contribution is -2.24. The molecule has 0 aromatic rings. The Bertz CT molecular complexity index is 210. The van der Waals surface area contributed by atoms with Crippen molar-refractivity contribution in [3.63, 3.8) is 0 Å². The molecule has 0 unspecified atom stereocenters. The van der Waals surface area contributed by atoms with Crippen LogP contribution in [-0.2, 0) is 23.7 Å². The van der Waals surface area contributed by atoms with Crippen molar-refractivity contribution in [1.82, 2.24) is 0 Å². The van der Waals surface area contributed by atoms with Crippen molar-refractivity contribution >= 4 is 5.97 Å². The number of hydrogen-bond donors (Lipinski definition) is 0. The van der Waals surface area contributed by atoms with Gasteiger partial charge >= 0.3 is 5.97 Å². The van der Waals surface area contributed by atoms with Gasteiger partial charge in [-0.2, -0.15) is 0 Å². The van der Waals surface area contributed by atoms with Crippen LogP contribution in [0.4, 0.5) is 0 Å². The molecule has 5 heteroatoms. The molecule has 0 radical (unpaired) electrons. The van der Waals surface area contributed by atoms with Gasteiger partial charge in [-0.05, 0) is 27.7 Å². The zero-order valence-corrected chi connectivity index (χ0v) is 12.0. The first-order valence-electron chi connectivity index (χ1n) is 6.41. The fourth-order valence-corrected chi connectivity index (χ4v) is 1.13. The van der Waals surface area contributed by atoms with Crippen LogP contribution < -0.4 is 0 Å². The van der Waals surface area contributed by atoms with Crippen molar-refractivity contribution in [2.75, 3.05) is 39.6 Å². The summed E-state index contributed by atoms with van der Waals surface area (Å²) in [5.41, 5.74) is -0.431. The van der Waals surface area contributed by atoms with Crippen molar-refractivity contribution in [3.8, 4) is 0 Å². The third kappa shape index (κ3) is 13.4. The van der Waals surface area contributed by atoms with Gasteiger partial charge < -0.3 is 18.9 Å². The molecule has 0 spiro atoms. The molecule has 0 aliphatic heterocycles. The van der Waals surface area contributed by atoms with Gasteiger partial charge in [0.1, 0.15) is 5.60 Å². The van der Waals surface area contributed by atoms with Crippen LogP contribution in [0.3, 0.4) is 0 Å². The van der Waals surface area contributed by atoms with Gasteiger partial charge in [0.15, 0.2) is 0 Å². The molecule has 0 fully saturated rings. The fraction of sp³-hybridized carbons (Fsp3) is 0.923. The van der Waals surface area contributed by atoms with E-state index in [4.69, 9.17) is 18.9 Å². The minimum absolute atomic E-state index is 0.236. The van der Waals surface area contributed by atoms with Crippen LogP contribution in [0.15, 0.2) is 0 Å². The molecule has 0 aromatic carbocycles. The summed E-state index contributed by atoms with van der Waals surface area (Å²) in [7, 11) is 0. The summed E-state index contributed by atoms with van der Waals surface area (Å²) < 4.78 is 20.8. The van der Waals surface area contributed by atoms with Crippen molar-refractivity contribution in [2.24, 2.45) is 0 Å². The molecule has 0 atom stereocenters. The number of esters is 1. The van der Waals surface area contributed by atoms with E-state index in [2.05, 4.69) is 0 Å². The summed E-state index contributed by atoms with van der Waals surface area (Å²) in [5, 5.41) is 0. The Morgan fingerprint density at radius 1 is 0.889 bits per heavy atom. The molecule has 108 valence electrons. The van der Waals surface area contributed by atoms with E-state index < -0.39 is 5.60 Å². The van der Waals surface area contributed by atoms with E-state index in [-0.39, 0.29) is 12.4 Å². The lowest BCUT2D eigenvalue weighted by molar-refractivity contribution is -0.156. The van der Waals surface area contributed by atoms with Crippen LogP contribution in [0.2, 0.25) is 0 Å². The maximum Gasteiger partial charge on any atom is 0.308 e. The normalized spacial score (nSPS) is 11.6. The second kappa shape index (κ2) is 10.3. The summed E-state index contributed by atoms with van der Waals surface area (Å²) in [6.07, 6.45) is 0.274. The molecule has 0 aliphatic carbocycles. The Balaban J connectivity index is 3.23. The van der Waals surface area contributed by atoms with E-state index in [1.807, 2.05) is 27.7 Å². The summed E-state index contributed by atoms with van der Waals surface area (Å²) in [5.74, 6) is -0.236. The molecule has 0 heterocycles. The maximum atomic E-state index is 11.3. The Morgan fingerprint density at radius 2 is 1.39 bits per heavy atom. The predicted molar refractivity (Wildman–Crippen MR) is 68.6 cm³/mol. The first-order chi connectivity index (χ1) is 8.45. The average Bonchev–Trinajstić information content (AvgIpc) is 2.24. The molecule has 0 amide bonds. The SMILES string of the molecule is CCOCCOCCOCCC(=O)OC(C)(C)C. The lowest BCUT2D eigenvalue weighted by Gasteiger charge is -2.19. The number of carbonyl (C=O) groups excluding carboxylic acids is 1. The molecule has 18 heavy (non-hydrogen) atoms. The van der Waals surface area contributed by atoms with Crippen molar-refractivity contribution < 1.29 is 23.7 Å². The highest BCUT2D eigenvalue weighted by atomic mass is 16.6. The van der Waals surface area contributed by atoms with E-state index in [1.54, 1.807) is 0 Å². The van der Waals surface area contributed by atoms with Crippen LogP contribution >= 0.6 is 0 Å². The number of ether oxygens (including phenoxy) is 4. The van der Waals surface area contributed by atoms with Gasteiger partial charge in [0.2, 0.25) is 0 Å². The van der Waals surface area contributed by atoms with Crippen LogP contribution in [0, 0.1) is 0 Å². The monoisotopic (exact) mass is 262 g/mol. The third-order valence-electron chi connectivity index (χ3n) is 1.82. The van der Waals surface area contributed by atoms with Gasteiger partial charge in [-0.25, -0.2) is 0 Å². The lowest BCUT2D eigenvalue weighted by atomic mass is 10.2. The standard InChI is InChI=1S/C13H26O5/c1-5-15-8-9-17-11-10-16-7-6-12(14)18-13(2,3)4/h5-11H2,1-4H3. The number of rotatable bonds is 10. The highest BCUT2D eigenvalue weighted by Gasteiger charge is 2.15. The second-order valence-electron chi connectivity index (χ2n) is 4.76. The minimum Gasteiger partial charge on any atom is -0.460 e. The molecule has 5 nitrogen and oxygen atoms in total. The molecule has 0 bridgehead atoms. The summed E-state index contributed by atoms with van der Waals surface area (Å²) in [4.78, 5) is 11.3. The fourth-order valence-electron chi connectivity index (χ4n) is 1.13. The quantitative estimate of drug-likeness (QED) is 0.444. The van der Waals surface area contributed by atoms with Gasteiger partial charge in [0, 0.05) is 6.61 Å². The van der Waals surface area contributed by atoms with Crippen LogP contribution in [0.5, 0.6) is 0 Å². The zero-order valence-electron chi connectivity index (χ0n) is 12.0. The van der Waals surface area contributed by atoms with Crippen LogP contribution in [0.1, 0.15) is 34.1 Å². The highest BCUT2D eigenvalue weighted by Crippen LogP contribution is 2.07. The predicted octanol–water partition coefficient (Wildman–Crippen LogP) is 1.79. The zero-order chi connectivity index (χ0) is 13.9. The van der Waals surface area contributed by atoms with E-state index >= 15 is 0 Å². The maximum absolute atomic E-state index is 11.3. The summed E-state index contributed by atoms with van der Waals surface area (Å²) in [6, 6.07) is 0. The molecule has 0 aromatic heterocycles.